The van der Waals surface area contributed by atoms with Gasteiger partial charge in [0.15, 0.2) is 0 Å². The summed E-state index contributed by atoms with van der Waals surface area (Å²) in [5, 5.41) is 0. The molecule has 0 bridgehead atoms. The minimum atomic E-state index is -0.490. The maximum absolute atomic E-state index is 11.6. The van der Waals surface area contributed by atoms with E-state index < -0.39 is 5.41 Å². The second-order valence-corrected chi connectivity index (χ2v) is 5.03. The molecule has 0 saturated heterocycles. The summed E-state index contributed by atoms with van der Waals surface area (Å²) in [6, 6.07) is 20.1. The molecule has 20 heavy (non-hydrogen) atoms. The molecule has 0 saturated carbocycles. The van der Waals surface area contributed by atoms with Gasteiger partial charge in [0.2, 0.25) is 5.91 Å². The van der Waals surface area contributed by atoms with E-state index in [0.717, 1.165) is 11.1 Å². The highest BCUT2D eigenvalue weighted by Gasteiger charge is 2.41. The molecule has 3 rings (SSSR count). The van der Waals surface area contributed by atoms with E-state index in [4.69, 9.17) is 5.73 Å². The van der Waals surface area contributed by atoms with Crippen LogP contribution in [0.5, 0.6) is 0 Å². The number of amides is 1. The van der Waals surface area contributed by atoms with E-state index in [1.165, 1.54) is 0 Å². The van der Waals surface area contributed by atoms with Crippen molar-refractivity contribution in [2.75, 3.05) is 0 Å². The molecule has 0 fully saturated rings. The topological polar surface area (TPSA) is 55.4 Å². The van der Waals surface area contributed by atoms with E-state index in [1.807, 2.05) is 60.7 Å². The molecule has 2 aromatic carbocycles. The SMILES string of the molecule is NC1=NC(=O)CCC1(c1ccccc1)c1ccccc1. The monoisotopic (exact) mass is 264 g/mol. The summed E-state index contributed by atoms with van der Waals surface area (Å²) >= 11 is 0. The van der Waals surface area contributed by atoms with E-state index in [1.54, 1.807) is 0 Å². The maximum Gasteiger partial charge on any atom is 0.247 e. The van der Waals surface area contributed by atoms with Crippen LogP contribution in [0.25, 0.3) is 0 Å². The highest BCUT2D eigenvalue weighted by Crippen LogP contribution is 2.39. The molecular formula is C17H16N2O. The van der Waals surface area contributed by atoms with Crippen LogP contribution in [-0.2, 0) is 10.2 Å². The van der Waals surface area contributed by atoms with Gasteiger partial charge in [0.05, 0.1) is 5.41 Å². The fourth-order valence-electron chi connectivity index (χ4n) is 2.90. The molecule has 0 unspecified atom stereocenters. The van der Waals surface area contributed by atoms with Gasteiger partial charge in [-0.05, 0) is 17.5 Å². The van der Waals surface area contributed by atoms with Gasteiger partial charge in [0.25, 0.3) is 0 Å². The number of carbonyl (C=O) groups excluding carboxylic acids is 1. The number of carbonyl (C=O) groups is 1. The Labute approximate surface area is 118 Å². The first kappa shape index (κ1) is 12.6. The highest BCUT2D eigenvalue weighted by atomic mass is 16.1. The molecule has 1 heterocycles. The fraction of sp³-hybridized carbons (Fsp3) is 0.176. The van der Waals surface area contributed by atoms with Gasteiger partial charge in [0.1, 0.15) is 5.84 Å². The predicted molar refractivity (Wildman–Crippen MR) is 79.5 cm³/mol. The normalized spacial score (nSPS) is 17.6. The molecule has 0 radical (unpaired) electrons. The summed E-state index contributed by atoms with van der Waals surface area (Å²) in [4.78, 5) is 15.6. The van der Waals surface area contributed by atoms with E-state index >= 15 is 0 Å². The van der Waals surface area contributed by atoms with Crippen LogP contribution in [0, 0.1) is 0 Å². The maximum atomic E-state index is 11.6. The predicted octanol–water partition coefficient (Wildman–Crippen LogP) is 2.65. The smallest absolute Gasteiger partial charge is 0.247 e. The average molecular weight is 264 g/mol. The van der Waals surface area contributed by atoms with Gasteiger partial charge in [-0.2, -0.15) is 4.99 Å². The third-order valence-electron chi connectivity index (χ3n) is 3.93. The molecule has 3 heteroatoms. The third kappa shape index (κ3) is 1.92. The zero-order valence-electron chi connectivity index (χ0n) is 11.1. The lowest BCUT2D eigenvalue weighted by Crippen LogP contribution is -2.45. The Hall–Kier alpha value is -2.42. The van der Waals surface area contributed by atoms with Gasteiger partial charge in [-0.3, -0.25) is 4.79 Å². The lowest BCUT2D eigenvalue weighted by atomic mass is 9.69. The molecule has 100 valence electrons. The first-order valence-corrected chi connectivity index (χ1v) is 6.72. The summed E-state index contributed by atoms with van der Waals surface area (Å²) in [7, 11) is 0. The Morgan fingerprint density at radius 2 is 1.40 bits per heavy atom. The first-order chi connectivity index (χ1) is 9.73. The summed E-state index contributed by atoms with van der Waals surface area (Å²) in [6.45, 7) is 0. The molecule has 3 nitrogen and oxygen atoms in total. The molecule has 0 spiro atoms. The lowest BCUT2D eigenvalue weighted by molar-refractivity contribution is -0.118. The number of aliphatic imine (C=N–C) groups is 1. The number of amidine groups is 1. The Morgan fingerprint density at radius 3 is 1.85 bits per heavy atom. The number of hydrogen-bond donors (Lipinski definition) is 1. The van der Waals surface area contributed by atoms with Crippen LogP contribution in [-0.4, -0.2) is 11.7 Å². The number of hydrogen-bond acceptors (Lipinski definition) is 2. The minimum absolute atomic E-state index is 0.134. The number of rotatable bonds is 2. The zero-order chi connectivity index (χ0) is 14.0. The zero-order valence-corrected chi connectivity index (χ0v) is 11.1. The van der Waals surface area contributed by atoms with Crippen LogP contribution in [0.1, 0.15) is 24.0 Å². The second kappa shape index (κ2) is 4.93. The van der Waals surface area contributed by atoms with Crippen LogP contribution in [0.3, 0.4) is 0 Å². The van der Waals surface area contributed by atoms with Crippen molar-refractivity contribution in [2.45, 2.75) is 18.3 Å². The Kier molecular flexibility index (Phi) is 3.11. The second-order valence-electron chi connectivity index (χ2n) is 5.03. The quantitative estimate of drug-likeness (QED) is 0.906. The van der Waals surface area contributed by atoms with Gasteiger partial charge < -0.3 is 5.73 Å². The van der Waals surface area contributed by atoms with Gasteiger partial charge in [-0.1, -0.05) is 60.7 Å². The van der Waals surface area contributed by atoms with Crippen molar-refractivity contribution in [3.05, 3.63) is 71.8 Å². The van der Waals surface area contributed by atoms with Crippen LogP contribution in [0.2, 0.25) is 0 Å². The van der Waals surface area contributed by atoms with Crippen LogP contribution in [0.15, 0.2) is 65.7 Å². The number of nitrogens with zero attached hydrogens (tertiary/aromatic N) is 1. The van der Waals surface area contributed by atoms with Crippen molar-refractivity contribution in [2.24, 2.45) is 10.7 Å². The Morgan fingerprint density at radius 1 is 0.900 bits per heavy atom. The molecule has 1 amide bonds. The van der Waals surface area contributed by atoms with Crippen molar-refractivity contribution >= 4 is 11.7 Å². The Balaban J connectivity index is 2.24. The van der Waals surface area contributed by atoms with E-state index in [0.29, 0.717) is 18.7 Å². The number of nitrogens with two attached hydrogens (primary N) is 1. The number of benzene rings is 2. The van der Waals surface area contributed by atoms with Crippen LogP contribution >= 0.6 is 0 Å². The lowest BCUT2D eigenvalue weighted by Gasteiger charge is -2.36. The summed E-state index contributed by atoms with van der Waals surface area (Å²) < 4.78 is 0. The molecule has 0 atom stereocenters. The largest absolute Gasteiger partial charge is 0.386 e. The summed E-state index contributed by atoms with van der Waals surface area (Å²) in [5.74, 6) is 0.260. The van der Waals surface area contributed by atoms with E-state index in [9.17, 15) is 4.79 Å². The third-order valence-corrected chi connectivity index (χ3v) is 3.93. The molecular weight excluding hydrogens is 248 g/mol. The van der Waals surface area contributed by atoms with Gasteiger partial charge in [-0.15, -0.1) is 0 Å². The van der Waals surface area contributed by atoms with Crippen molar-refractivity contribution < 1.29 is 4.79 Å². The molecule has 2 N–H and O–H groups in total. The van der Waals surface area contributed by atoms with Crippen molar-refractivity contribution in [1.29, 1.82) is 0 Å². The van der Waals surface area contributed by atoms with Crippen LogP contribution in [0.4, 0.5) is 0 Å². The fourth-order valence-corrected chi connectivity index (χ4v) is 2.90. The summed E-state index contributed by atoms with van der Waals surface area (Å²) in [5.41, 5.74) is 7.87. The molecule has 1 aliphatic heterocycles. The highest BCUT2D eigenvalue weighted by molar-refractivity contribution is 6.04. The first-order valence-electron chi connectivity index (χ1n) is 6.72. The van der Waals surface area contributed by atoms with Crippen molar-refractivity contribution in [3.8, 4) is 0 Å². The summed E-state index contributed by atoms with van der Waals surface area (Å²) in [6.07, 6.45) is 1.08. The van der Waals surface area contributed by atoms with E-state index in [-0.39, 0.29) is 5.91 Å². The Bertz CT molecular complexity index is 608. The minimum Gasteiger partial charge on any atom is -0.386 e. The van der Waals surface area contributed by atoms with Gasteiger partial charge >= 0.3 is 0 Å². The van der Waals surface area contributed by atoms with Crippen molar-refractivity contribution in [3.63, 3.8) is 0 Å². The van der Waals surface area contributed by atoms with Gasteiger partial charge in [-0.25, -0.2) is 0 Å². The van der Waals surface area contributed by atoms with Crippen molar-refractivity contribution in [1.82, 2.24) is 0 Å². The molecule has 0 aromatic heterocycles. The molecule has 0 aliphatic carbocycles. The average Bonchev–Trinajstić information content (AvgIpc) is 2.50. The standard InChI is InChI=1S/C17H16N2O/c18-16-17(12-11-15(20)19-16,13-7-3-1-4-8-13)14-9-5-2-6-10-14/h1-10H,11-12H2,(H2,18,19,20). The van der Waals surface area contributed by atoms with Gasteiger partial charge in [0, 0.05) is 6.42 Å². The molecule has 2 aromatic rings. The molecule has 1 aliphatic rings. The van der Waals surface area contributed by atoms with E-state index in [2.05, 4.69) is 4.99 Å². The van der Waals surface area contributed by atoms with Crippen LogP contribution < -0.4 is 5.73 Å².